The van der Waals surface area contributed by atoms with E-state index in [1.807, 2.05) is 30.3 Å². The maximum Gasteiger partial charge on any atom is 0.129 e. The lowest BCUT2D eigenvalue weighted by Gasteiger charge is -2.14. The van der Waals surface area contributed by atoms with Gasteiger partial charge in [-0.3, -0.25) is 0 Å². The Labute approximate surface area is 134 Å². The summed E-state index contributed by atoms with van der Waals surface area (Å²) >= 11 is 6.86. The molecule has 4 nitrogen and oxygen atoms in total. The highest BCUT2D eigenvalue weighted by Gasteiger charge is 2.07. The number of benzene rings is 1. The Balaban J connectivity index is 1.71. The molecule has 1 aromatic carbocycles. The van der Waals surface area contributed by atoms with Crippen LogP contribution in [0.2, 0.25) is 0 Å². The van der Waals surface area contributed by atoms with Crippen LogP contribution in [0.4, 0.5) is 5.69 Å². The van der Waals surface area contributed by atoms with E-state index >= 15 is 0 Å². The summed E-state index contributed by atoms with van der Waals surface area (Å²) in [5.74, 6) is 0.750. The summed E-state index contributed by atoms with van der Waals surface area (Å²) in [5.41, 5.74) is 0.921. The molecule has 0 amide bonds. The highest BCUT2D eigenvalue weighted by molar-refractivity contribution is 9.11. The lowest BCUT2D eigenvalue weighted by Crippen LogP contribution is -2.24. The molecule has 1 unspecified atom stereocenters. The average molecular weight is 405 g/mol. The molecule has 0 spiro atoms. The highest BCUT2D eigenvalue weighted by atomic mass is 79.9. The number of aliphatic hydroxyl groups excluding tert-OH is 1. The quantitative estimate of drug-likeness (QED) is 0.736. The van der Waals surface area contributed by atoms with Crippen molar-refractivity contribution in [2.75, 3.05) is 18.5 Å². The summed E-state index contributed by atoms with van der Waals surface area (Å²) in [6, 6.07) is 9.47. The number of hydrogen-bond acceptors (Lipinski definition) is 4. The minimum Gasteiger partial charge on any atom is -0.467 e. The lowest BCUT2D eigenvalue weighted by molar-refractivity contribution is 0.0282. The van der Waals surface area contributed by atoms with Gasteiger partial charge in [-0.2, -0.15) is 0 Å². The van der Waals surface area contributed by atoms with Crippen LogP contribution in [0.5, 0.6) is 0 Å². The summed E-state index contributed by atoms with van der Waals surface area (Å²) in [4.78, 5) is 0. The standard InChI is InChI=1S/C14H15Br2NO3/c15-10-3-4-13(16)14(6-10)17-7-11(18)8-19-9-12-2-1-5-20-12/h1-6,11,17-18H,7-9H2. The van der Waals surface area contributed by atoms with Crippen LogP contribution in [0.3, 0.4) is 0 Å². The average Bonchev–Trinajstić information content (AvgIpc) is 2.93. The van der Waals surface area contributed by atoms with Crippen LogP contribution in [-0.4, -0.2) is 24.4 Å². The Kier molecular flexibility index (Phi) is 6.09. The molecule has 2 N–H and O–H groups in total. The SMILES string of the molecule is OC(CNc1cc(Br)ccc1Br)COCc1ccco1. The summed E-state index contributed by atoms with van der Waals surface area (Å²) in [5, 5.41) is 13.0. The van der Waals surface area contributed by atoms with Gasteiger partial charge in [0.05, 0.1) is 19.0 Å². The molecule has 2 rings (SSSR count). The predicted octanol–water partition coefficient (Wildman–Crippen LogP) is 3.79. The second-order valence-corrected chi connectivity index (χ2v) is 6.02. The van der Waals surface area contributed by atoms with Crippen LogP contribution in [0.1, 0.15) is 5.76 Å². The Morgan fingerprint density at radius 2 is 2.15 bits per heavy atom. The van der Waals surface area contributed by atoms with Crippen molar-refractivity contribution in [1.29, 1.82) is 0 Å². The molecule has 0 radical (unpaired) electrons. The molecule has 2 aromatic rings. The largest absolute Gasteiger partial charge is 0.467 e. The van der Waals surface area contributed by atoms with E-state index in [1.165, 1.54) is 0 Å². The number of anilines is 1. The summed E-state index contributed by atoms with van der Waals surface area (Å²) in [6.07, 6.45) is 1.01. The van der Waals surface area contributed by atoms with Crippen molar-refractivity contribution in [3.63, 3.8) is 0 Å². The van der Waals surface area contributed by atoms with Crippen molar-refractivity contribution in [1.82, 2.24) is 0 Å². The normalized spacial score (nSPS) is 12.3. The molecule has 0 saturated heterocycles. The third-order valence-corrected chi connectivity index (χ3v) is 3.78. The van der Waals surface area contributed by atoms with Gasteiger partial charge in [-0.1, -0.05) is 15.9 Å². The van der Waals surface area contributed by atoms with Crippen molar-refractivity contribution in [3.8, 4) is 0 Å². The van der Waals surface area contributed by atoms with Crippen LogP contribution in [0.25, 0.3) is 0 Å². The molecule has 20 heavy (non-hydrogen) atoms. The summed E-state index contributed by atoms with van der Waals surface area (Å²) < 4.78 is 12.4. The fraction of sp³-hybridized carbons (Fsp3) is 0.286. The Hall–Kier alpha value is -0.820. The first-order valence-corrected chi connectivity index (χ1v) is 7.71. The number of aliphatic hydroxyl groups is 1. The third kappa shape index (κ3) is 4.94. The molecule has 6 heteroatoms. The van der Waals surface area contributed by atoms with Crippen LogP contribution >= 0.6 is 31.9 Å². The Morgan fingerprint density at radius 3 is 2.90 bits per heavy atom. The monoisotopic (exact) mass is 403 g/mol. The van der Waals surface area contributed by atoms with Gasteiger partial charge >= 0.3 is 0 Å². The second kappa shape index (κ2) is 7.83. The molecule has 0 aliphatic carbocycles. The minimum atomic E-state index is -0.587. The first-order valence-electron chi connectivity index (χ1n) is 6.12. The van der Waals surface area contributed by atoms with Gasteiger partial charge in [-0.05, 0) is 46.3 Å². The first kappa shape index (κ1) is 15.6. The third-order valence-electron chi connectivity index (χ3n) is 2.59. The zero-order valence-corrected chi connectivity index (χ0v) is 13.9. The molecule has 0 bridgehead atoms. The smallest absolute Gasteiger partial charge is 0.129 e. The van der Waals surface area contributed by atoms with Crippen molar-refractivity contribution in [3.05, 3.63) is 51.3 Å². The van der Waals surface area contributed by atoms with E-state index in [9.17, 15) is 5.11 Å². The molecule has 1 atom stereocenters. The van der Waals surface area contributed by atoms with Gasteiger partial charge in [0.25, 0.3) is 0 Å². The Morgan fingerprint density at radius 1 is 1.30 bits per heavy atom. The Bertz CT molecular complexity index is 531. The van der Waals surface area contributed by atoms with Gasteiger partial charge in [-0.15, -0.1) is 0 Å². The molecule has 0 aliphatic heterocycles. The van der Waals surface area contributed by atoms with Gasteiger partial charge in [0.1, 0.15) is 12.4 Å². The van der Waals surface area contributed by atoms with Crippen LogP contribution in [0, 0.1) is 0 Å². The molecular formula is C14H15Br2NO3. The van der Waals surface area contributed by atoms with E-state index < -0.39 is 6.10 Å². The number of rotatable bonds is 7. The first-order chi connectivity index (χ1) is 9.65. The van der Waals surface area contributed by atoms with Crippen molar-refractivity contribution in [2.24, 2.45) is 0 Å². The van der Waals surface area contributed by atoms with Gasteiger partial charge in [0, 0.05) is 21.2 Å². The van der Waals surface area contributed by atoms with Gasteiger partial charge in [0.2, 0.25) is 0 Å². The van der Waals surface area contributed by atoms with E-state index in [4.69, 9.17) is 9.15 Å². The number of hydrogen-bond donors (Lipinski definition) is 2. The van der Waals surface area contributed by atoms with E-state index in [-0.39, 0.29) is 6.61 Å². The van der Waals surface area contributed by atoms with Gasteiger partial charge < -0.3 is 19.6 Å². The zero-order valence-electron chi connectivity index (χ0n) is 10.7. The molecule has 1 heterocycles. The molecule has 0 aliphatic rings. The minimum absolute atomic E-state index is 0.249. The van der Waals surface area contributed by atoms with E-state index in [1.54, 1.807) is 6.26 Å². The van der Waals surface area contributed by atoms with Crippen LogP contribution in [0.15, 0.2) is 50.0 Å². The zero-order chi connectivity index (χ0) is 14.4. The van der Waals surface area contributed by atoms with Gasteiger partial charge in [0.15, 0.2) is 0 Å². The number of furan rings is 1. The summed E-state index contributed by atoms with van der Waals surface area (Å²) in [6.45, 7) is 1.02. The second-order valence-electron chi connectivity index (χ2n) is 4.25. The van der Waals surface area contributed by atoms with Crippen LogP contribution in [-0.2, 0) is 11.3 Å². The number of ether oxygens (including phenoxy) is 1. The fourth-order valence-corrected chi connectivity index (χ4v) is 2.36. The van der Waals surface area contributed by atoms with E-state index in [0.29, 0.717) is 13.2 Å². The number of halogens is 2. The molecule has 108 valence electrons. The molecule has 1 aromatic heterocycles. The molecule has 0 saturated carbocycles. The molecular weight excluding hydrogens is 390 g/mol. The summed E-state index contributed by atoms with van der Waals surface area (Å²) in [7, 11) is 0. The van der Waals surface area contributed by atoms with Gasteiger partial charge in [-0.25, -0.2) is 0 Å². The highest BCUT2D eigenvalue weighted by Crippen LogP contribution is 2.26. The van der Waals surface area contributed by atoms with Crippen LogP contribution < -0.4 is 5.32 Å². The number of nitrogens with one attached hydrogen (secondary N) is 1. The lowest BCUT2D eigenvalue weighted by atomic mass is 10.3. The maximum atomic E-state index is 9.85. The maximum absolute atomic E-state index is 9.85. The van der Waals surface area contributed by atoms with Crippen molar-refractivity contribution in [2.45, 2.75) is 12.7 Å². The van der Waals surface area contributed by atoms with E-state index in [0.717, 1.165) is 20.4 Å². The topological polar surface area (TPSA) is 54.6 Å². The van der Waals surface area contributed by atoms with E-state index in [2.05, 4.69) is 37.2 Å². The van der Waals surface area contributed by atoms with Crippen molar-refractivity contribution >= 4 is 37.5 Å². The van der Waals surface area contributed by atoms with Crippen molar-refractivity contribution < 1.29 is 14.3 Å². The molecule has 0 fully saturated rings. The fourth-order valence-electron chi connectivity index (χ4n) is 1.61. The predicted molar refractivity (Wildman–Crippen MR) is 84.7 cm³/mol.